The number of anilines is 2. The second-order valence-corrected chi connectivity index (χ2v) is 4.75. The second-order valence-electron chi connectivity index (χ2n) is 4.31. The molecule has 4 nitrogen and oxygen atoms in total. The van der Waals surface area contributed by atoms with Crippen molar-refractivity contribution in [2.45, 2.75) is 6.61 Å². The predicted molar refractivity (Wildman–Crippen MR) is 80.4 cm³/mol. The number of nitrogens with two attached hydrogens (primary N) is 1. The molecule has 104 valence electrons. The predicted octanol–water partition coefficient (Wildman–Crippen LogP) is 3.33. The van der Waals surface area contributed by atoms with E-state index < -0.39 is 5.91 Å². The van der Waals surface area contributed by atoms with Crippen molar-refractivity contribution < 1.29 is 9.53 Å². The van der Waals surface area contributed by atoms with Gasteiger partial charge in [-0.15, -0.1) is 0 Å². The van der Waals surface area contributed by atoms with Gasteiger partial charge >= 0.3 is 0 Å². The summed E-state index contributed by atoms with van der Waals surface area (Å²) in [5.41, 5.74) is 8.20. The van der Waals surface area contributed by atoms with Gasteiger partial charge in [0.1, 0.15) is 0 Å². The molecule has 0 atom stereocenters. The van der Waals surface area contributed by atoms with Gasteiger partial charge in [-0.3, -0.25) is 4.79 Å². The third-order valence-corrected chi connectivity index (χ3v) is 3.00. The molecule has 0 saturated carbocycles. The molecule has 0 spiro atoms. The zero-order valence-electron chi connectivity index (χ0n) is 11.0. The number of nitrogens with one attached hydrogen (secondary N) is 1. The summed E-state index contributed by atoms with van der Waals surface area (Å²) < 4.78 is 5.09. The summed E-state index contributed by atoms with van der Waals surface area (Å²) in [4.78, 5) is 11.4. The van der Waals surface area contributed by atoms with Crippen molar-refractivity contribution in [2.75, 3.05) is 12.4 Å². The largest absolute Gasteiger partial charge is 0.380 e. The van der Waals surface area contributed by atoms with Gasteiger partial charge in [-0.2, -0.15) is 0 Å². The van der Waals surface area contributed by atoms with E-state index in [0.717, 1.165) is 11.3 Å². The van der Waals surface area contributed by atoms with Gasteiger partial charge in [-0.25, -0.2) is 0 Å². The lowest BCUT2D eigenvalue weighted by molar-refractivity contribution is 0.100. The minimum atomic E-state index is -0.503. The first-order valence-electron chi connectivity index (χ1n) is 6.04. The van der Waals surface area contributed by atoms with Crippen molar-refractivity contribution in [1.29, 1.82) is 0 Å². The number of halogens is 1. The Labute approximate surface area is 122 Å². The Morgan fingerprint density at radius 2 is 2.10 bits per heavy atom. The van der Waals surface area contributed by atoms with Gasteiger partial charge in [0.25, 0.3) is 5.91 Å². The van der Waals surface area contributed by atoms with E-state index in [1.54, 1.807) is 25.3 Å². The Kier molecular flexibility index (Phi) is 4.61. The van der Waals surface area contributed by atoms with Crippen LogP contribution in [0.1, 0.15) is 15.9 Å². The van der Waals surface area contributed by atoms with Crippen molar-refractivity contribution in [3.05, 3.63) is 58.6 Å². The standard InChI is InChI=1S/C15H15ClN2O2/c1-20-9-10-3-2-4-12(7-10)18-14-8-11(16)5-6-13(14)15(17)19/h2-8,18H,9H2,1H3,(H2,17,19). The van der Waals surface area contributed by atoms with E-state index in [-0.39, 0.29) is 0 Å². The summed E-state index contributed by atoms with van der Waals surface area (Å²) in [5.74, 6) is -0.503. The molecule has 0 aromatic heterocycles. The first-order chi connectivity index (χ1) is 9.60. The summed E-state index contributed by atoms with van der Waals surface area (Å²) in [6.07, 6.45) is 0. The van der Waals surface area contributed by atoms with Gasteiger partial charge in [0.15, 0.2) is 0 Å². The van der Waals surface area contributed by atoms with Gasteiger partial charge in [0, 0.05) is 17.8 Å². The molecule has 5 heteroatoms. The molecule has 20 heavy (non-hydrogen) atoms. The number of hydrogen-bond acceptors (Lipinski definition) is 3. The van der Waals surface area contributed by atoms with Crippen LogP contribution in [0.25, 0.3) is 0 Å². The van der Waals surface area contributed by atoms with Gasteiger partial charge in [0.05, 0.1) is 17.9 Å². The molecule has 0 aliphatic heterocycles. The number of primary amides is 1. The van der Waals surface area contributed by atoms with Crippen LogP contribution >= 0.6 is 11.6 Å². The van der Waals surface area contributed by atoms with E-state index in [0.29, 0.717) is 22.9 Å². The summed E-state index contributed by atoms with van der Waals surface area (Å²) in [7, 11) is 1.64. The van der Waals surface area contributed by atoms with E-state index in [9.17, 15) is 4.79 Å². The molecule has 0 fully saturated rings. The molecule has 0 aliphatic rings. The molecule has 2 rings (SSSR count). The van der Waals surface area contributed by atoms with Crippen LogP contribution in [0.3, 0.4) is 0 Å². The number of carbonyl (C=O) groups is 1. The maximum atomic E-state index is 11.4. The zero-order valence-corrected chi connectivity index (χ0v) is 11.8. The van der Waals surface area contributed by atoms with Crippen molar-refractivity contribution in [3.8, 4) is 0 Å². The number of hydrogen-bond donors (Lipinski definition) is 2. The fourth-order valence-electron chi connectivity index (χ4n) is 1.90. The van der Waals surface area contributed by atoms with Gasteiger partial charge < -0.3 is 15.8 Å². The molecule has 0 unspecified atom stereocenters. The van der Waals surface area contributed by atoms with Crippen LogP contribution in [0.15, 0.2) is 42.5 Å². The molecule has 0 radical (unpaired) electrons. The summed E-state index contributed by atoms with van der Waals surface area (Å²) in [6.45, 7) is 0.522. The van der Waals surface area contributed by atoms with E-state index >= 15 is 0 Å². The third-order valence-electron chi connectivity index (χ3n) is 2.76. The van der Waals surface area contributed by atoms with Crippen molar-refractivity contribution in [3.63, 3.8) is 0 Å². The topological polar surface area (TPSA) is 64.3 Å². The van der Waals surface area contributed by atoms with Crippen LogP contribution in [0.4, 0.5) is 11.4 Å². The summed E-state index contributed by atoms with van der Waals surface area (Å²) in [6, 6.07) is 12.6. The number of benzene rings is 2. The number of amides is 1. The van der Waals surface area contributed by atoms with Crippen molar-refractivity contribution in [2.24, 2.45) is 5.73 Å². The van der Waals surface area contributed by atoms with Crippen LogP contribution in [0.5, 0.6) is 0 Å². The maximum Gasteiger partial charge on any atom is 0.250 e. The molecule has 0 heterocycles. The highest BCUT2D eigenvalue weighted by Crippen LogP contribution is 2.25. The Bertz CT molecular complexity index is 629. The third kappa shape index (κ3) is 3.50. The molecular formula is C15H15ClN2O2. The smallest absolute Gasteiger partial charge is 0.250 e. The molecule has 0 saturated heterocycles. The van der Waals surface area contributed by atoms with Crippen LogP contribution in [-0.2, 0) is 11.3 Å². The number of rotatable bonds is 5. The molecule has 1 amide bonds. The first-order valence-corrected chi connectivity index (χ1v) is 6.42. The average molecular weight is 291 g/mol. The van der Waals surface area contributed by atoms with Crippen LogP contribution in [0, 0.1) is 0 Å². The Morgan fingerprint density at radius 1 is 1.30 bits per heavy atom. The van der Waals surface area contributed by atoms with E-state index in [1.807, 2.05) is 24.3 Å². The molecule has 2 aromatic carbocycles. The maximum absolute atomic E-state index is 11.4. The highest BCUT2D eigenvalue weighted by Gasteiger charge is 2.09. The minimum Gasteiger partial charge on any atom is -0.380 e. The normalized spacial score (nSPS) is 10.3. The Hall–Kier alpha value is -2.04. The molecule has 3 N–H and O–H groups in total. The Morgan fingerprint density at radius 3 is 2.80 bits per heavy atom. The fraction of sp³-hybridized carbons (Fsp3) is 0.133. The number of carbonyl (C=O) groups excluding carboxylic acids is 1. The van der Waals surface area contributed by atoms with E-state index in [2.05, 4.69) is 5.32 Å². The highest BCUT2D eigenvalue weighted by atomic mass is 35.5. The lowest BCUT2D eigenvalue weighted by Crippen LogP contribution is -2.13. The fourth-order valence-corrected chi connectivity index (χ4v) is 2.07. The average Bonchev–Trinajstić information content (AvgIpc) is 2.39. The monoisotopic (exact) mass is 290 g/mol. The van der Waals surface area contributed by atoms with Gasteiger partial charge in [0.2, 0.25) is 0 Å². The van der Waals surface area contributed by atoms with E-state index in [1.165, 1.54) is 0 Å². The molecule has 2 aromatic rings. The van der Waals surface area contributed by atoms with Crippen LogP contribution in [-0.4, -0.2) is 13.0 Å². The first kappa shape index (κ1) is 14.4. The second kappa shape index (κ2) is 6.41. The SMILES string of the molecule is COCc1cccc(Nc2cc(Cl)ccc2C(N)=O)c1. The lowest BCUT2D eigenvalue weighted by Gasteiger charge is -2.11. The minimum absolute atomic E-state index is 0.395. The van der Waals surface area contributed by atoms with Gasteiger partial charge in [-0.05, 0) is 35.9 Å². The van der Waals surface area contributed by atoms with Gasteiger partial charge in [-0.1, -0.05) is 23.7 Å². The zero-order chi connectivity index (χ0) is 14.5. The molecule has 0 aliphatic carbocycles. The highest BCUT2D eigenvalue weighted by molar-refractivity contribution is 6.31. The van der Waals surface area contributed by atoms with E-state index in [4.69, 9.17) is 22.1 Å². The van der Waals surface area contributed by atoms with Crippen LogP contribution in [0.2, 0.25) is 5.02 Å². The molecular weight excluding hydrogens is 276 g/mol. The lowest BCUT2D eigenvalue weighted by atomic mass is 10.1. The Balaban J connectivity index is 2.31. The number of methoxy groups -OCH3 is 1. The van der Waals surface area contributed by atoms with Crippen molar-refractivity contribution >= 4 is 28.9 Å². The van der Waals surface area contributed by atoms with Crippen molar-refractivity contribution in [1.82, 2.24) is 0 Å². The number of ether oxygens (including phenoxy) is 1. The molecule has 0 bridgehead atoms. The van der Waals surface area contributed by atoms with Crippen LogP contribution < -0.4 is 11.1 Å². The summed E-state index contributed by atoms with van der Waals surface area (Å²) in [5, 5.41) is 3.69. The quantitative estimate of drug-likeness (QED) is 0.888. The summed E-state index contributed by atoms with van der Waals surface area (Å²) >= 11 is 5.96.